The smallest absolute Gasteiger partial charge is 0.327 e. The SMILES string of the molecule is CC1CN(C(=O)C(C)OC(=O)C(CO)NS(=O)(=O)c2ccc(Br)cc2)CC(C)O1. The van der Waals surface area contributed by atoms with Gasteiger partial charge in [0.15, 0.2) is 6.10 Å². The molecule has 1 saturated heterocycles. The Balaban J connectivity index is 2.01. The van der Waals surface area contributed by atoms with Crippen molar-refractivity contribution in [2.24, 2.45) is 0 Å². The van der Waals surface area contributed by atoms with E-state index in [1.165, 1.54) is 36.1 Å². The zero-order valence-corrected chi connectivity index (χ0v) is 18.8. The van der Waals surface area contributed by atoms with Crippen molar-refractivity contribution >= 4 is 37.8 Å². The molecule has 1 heterocycles. The summed E-state index contributed by atoms with van der Waals surface area (Å²) in [4.78, 5) is 26.4. The standard InChI is InChI=1S/C18H25BrN2O7S/c1-11-8-21(9-12(2)27-11)17(23)13(3)28-18(24)16(10-22)20-29(25,26)15-6-4-14(19)5-7-15/h4-7,11-13,16,20,22H,8-10H2,1-3H3. The van der Waals surface area contributed by atoms with Crippen molar-refractivity contribution in [2.45, 2.75) is 50.0 Å². The number of nitrogens with one attached hydrogen (secondary N) is 1. The molecule has 0 aromatic heterocycles. The van der Waals surface area contributed by atoms with Crippen LogP contribution < -0.4 is 4.72 Å². The van der Waals surface area contributed by atoms with E-state index in [2.05, 4.69) is 20.7 Å². The maximum absolute atomic E-state index is 12.6. The van der Waals surface area contributed by atoms with Crippen molar-refractivity contribution in [1.82, 2.24) is 9.62 Å². The number of carbonyl (C=O) groups is 2. The third kappa shape index (κ3) is 6.48. The highest BCUT2D eigenvalue weighted by molar-refractivity contribution is 9.10. The number of rotatable bonds is 7. The molecule has 4 atom stereocenters. The average molecular weight is 493 g/mol. The first kappa shape index (κ1) is 23.7. The van der Waals surface area contributed by atoms with Crippen molar-refractivity contribution in [3.8, 4) is 0 Å². The fourth-order valence-electron chi connectivity index (χ4n) is 2.95. The van der Waals surface area contributed by atoms with Crippen molar-refractivity contribution in [2.75, 3.05) is 19.7 Å². The van der Waals surface area contributed by atoms with Crippen LogP contribution in [0.15, 0.2) is 33.6 Å². The Bertz CT molecular complexity index is 821. The Morgan fingerprint density at radius 3 is 2.34 bits per heavy atom. The zero-order valence-electron chi connectivity index (χ0n) is 16.4. The number of amides is 1. The van der Waals surface area contributed by atoms with Crippen molar-refractivity contribution in [1.29, 1.82) is 0 Å². The predicted molar refractivity (Wildman–Crippen MR) is 107 cm³/mol. The highest BCUT2D eigenvalue weighted by Gasteiger charge is 2.33. The fourth-order valence-corrected chi connectivity index (χ4v) is 4.39. The minimum Gasteiger partial charge on any atom is -0.451 e. The van der Waals surface area contributed by atoms with Crippen molar-refractivity contribution < 1.29 is 32.6 Å². The monoisotopic (exact) mass is 492 g/mol. The fraction of sp³-hybridized carbons (Fsp3) is 0.556. The van der Waals surface area contributed by atoms with Gasteiger partial charge >= 0.3 is 5.97 Å². The van der Waals surface area contributed by atoms with Crippen LogP contribution in [0.4, 0.5) is 0 Å². The number of morpholine rings is 1. The number of aliphatic hydroxyl groups excluding tert-OH is 1. The predicted octanol–water partition coefficient (Wildman–Crippen LogP) is 0.656. The topological polar surface area (TPSA) is 122 Å². The van der Waals surface area contributed by atoms with E-state index < -0.39 is 40.7 Å². The van der Waals surface area contributed by atoms with E-state index in [1.807, 2.05) is 13.8 Å². The first-order valence-corrected chi connectivity index (χ1v) is 11.3. The first-order chi connectivity index (χ1) is 13.5. The molecule has 1 aliphatic rings. The highest BCUT2D eigenvalue weighted by Crippen LogP contribution is 2.16. The minimum absolute atomic E-state index is 0.0765. The Labute approximate surface area is 178 Å². The summed E-state index contributed by atoms with van der Waals surface area (Å²) >= 11 is 3.21. The Kier molecular flexibility index (Phi) is 8.18. The number of nitrogens with zero attached hydrogens (tertiary/aromatic N) is 1. The second kappa shape index (κ2) is 9.98. The number of ether oxygens (including phenoxy) is 2. The molecule has 1 aromatic rings. The molecule has 2 rings (SSSR count). The molecule has 9 nitrogen and oxygen atoms in total. The summed E-state index contributed by atoms with van der Waals surface area (Å²) in [5.41, 5.74) is 0. The summed E-state index contributed by atoms with van der Waals surface area (Å²) in [7, 11) is -4.07. The number of sulfonamides is 1. The second-order valence-electron chi connectivity index (χ2n) is 6.89. The van der Waals surface area contributed by atoms with E-state index in [0.717, 1.165) is 0 Å². The maximum atomic E-state index is 12.6. The van der Waals surface area contributed by atoms with Gasteiger partial charge in [-0.25, -0.2) is 8.42 Å². The van der Waals surface area contributed by atoms with E-state index >= 15 is 0 Å². The molecular formula is C18H25BrN2O7S. The molecule has 0 spiro atoms. The molecule has 29 heavy (non-hydrogen) atoms. The molecule has 0 bridgehead atoms. The number of aliphatic hydroxyl groups is 1. The molecule has 0 saturated carbocycles. The van der Waals surface area contributed by atoms with E-state index in [0.29, 0.717) is 17.6 Å². The Morgan fingerprint density at radius 1 is 1.28 bits per heavy atom. The van der Waals surface area contributed by atoms with E-state index in [1.54, 1.807) is 0 Å². The summed E-state index contributed by atoms with van der Waals surface area (Å²) in [6.07, 6.45) is -1.42. The molecule has 1 fully saturated rings. The zero-order chi connectivity index (χ0) is 21.8. The summed E-state index contributed by atoms with van der Waals surface area (Å²) in [6.45, 7) is 5.00. The lowest BCUT2D eigenvalue weighted by atomic mass is 10.2. The Morgan fingerprint density at radius 2 is 1.83 bits per heavy atom. The maximum Gasteiger partial charge on any atom is 0.327 e. The van der Waals surface area contributed by atoms with Crippen LogP contribution in [0.2, 0.25) is 0 Å². The van der Waals surface area contributed by atoms with Crippen molar-refractivity contribution in [3.63, 3.8) is 0 Å². The first-order valence-electron chi connectivity index (χ1n) is 9.07. The molecule has 4 unspecified atom stereocenters. The molecule has 11 heteroatoms. The van der Waals surface area contributed by atoms with Crippen LogP contribution in [0.3, 0.4) is 0 Å². The van der Waals surface area contributed by atoms with Crippen LogP contribution in [0.1, 0.15) is 20.8 Å². The number of benzene rings is 1. The molecular weight excluding hydrogens is 468 g/mol. The normalized spacial score (nSPS) is 22.0. The number of hydrogen-bond acceptors (Lipinski definition) is 7. The number of esters is 1. The molecule has 162 valence electrons. The van der Waals surface area contributed by atoms with E-state index in [9.17, 15) is 23.1 Å². The van der Waals surface area contributed by atoms with Crippen LogP contribution in [0.5, 0.6) is 0 Å². The molecule has 0 aliphatic carbocycles. The van der Waals surface area contributed by atoms with Crippen molar-refractivity contribution in [3.05, 3.63) is 28.7 Å². The third-order valence-corrected chi connectivity index (χ3v) is 6.28. The Hall–Kier alpha value is -1.53. The third-order valence-electron chi connectivity index (χ3n) is 4.26. The van der Waals surface area contributed by atoms with Gasteiger partial charge in [-0.15, -0.1) is 0 Å². The molecule has 1 aromatic carbocycles. The number of halogens is 1. The summed E-state index contributed by atoms with van der Waals surface area (Å²) < 4.78 is 38.3. The largest absolute Gasteiger partial charge is 0.451 e. The van der Waals surface area contributed by atoms with Crippen LogP contribution in [-0.4, -0.2) is 74.4 Å². The summed E-state index contributed by atoms with van der Waals surface area (Å²) in [5, 5.41) is 9.47. The van der Waals surface area contributed by atoms with Gasteiger partial charge in [0.05, 0.1) is 23.7 Å². The number of hydrogen-bond donors (Lipinski definition) is 2. The lowest BCUT2D eigenvalue weighted by Gasteiger charge is -2.36. The van der Waals surface area contributed by atoms with Gasteiger partial charge in [0.25, 0.3) is 5.91 Å². The van der Waals surface area contributed by atoms with Gasteiger partial charge in [-0.2, -0.15) is 4.72 Å². The van der Waals surface area contributed by atoms with Crippen LogP contribution in [-0.2, 0) is 29.1 Å². The molecule has 1 aliphatic heterocycles. The van der Waals surface area contributed by atoms with Gasteiger partial charge in [0.2, 0.25) is 10.0 Å². The van der Waals surface area contributed by atoms with Gasteiger partial charge in [-0.3, -0.25) is 9.59 Å². The van der Waals surface area contributed by atoms with Gasteiger partial charge in [0.1, 0.15) is 6.04 Å². The highest BCUT2D eigenvalue weighted by atomic mass is 79.9. The molecule has 0 radical (unpaired) electrons. The van der Waals surface area contributed by atoms with E-state index in [4.69, 9.17) is 9.47 Å². The van der Waals surface area contributed by atoms with Crippen LogP contribution in [0, 0.1) is 0 Å². The second-order valence-corrected chi connectivity index (χ2v) is 9.52. The van der Waals surface area contributed by atoms with E-state index in [-0.39, 0.29) is 17.1 Å². The van der Waals surface area contributed by atoms with Gasteiger partial charge in [-0.1, -0.05) is 15.9 Å². The minimum atomic E-state index is -4.07. The van der Waals surface area contributed by atoms with Gasteiger partial charge in [-0.05, 0) is 45.0 Å². The summed E-state index contributed by atoms with van der Waals surface area (Å²) in [5.74, 6) is -1.45. The molecule has 2 N–H and O–H groups in total. The quantitative estimate of drug-likeness (QED) is 0.535. The van der Waals surface area contributed by atoms with Gasteiger partial charge in [0, 0.05) is 17.6 Å². The average Bonchev–Trinajstić information content (AvgIpc) is 2.64. The summed E-state index contributed by atoms with van der Waals surface area (Å²) in [6, 6.07) is 4.22. The molecule has 1 amide bonds. The van der Waals surface area contributed by atoms with Crippen LogP contribution in [0.25, 0.3) is 0 Å². The van der Waals surface area contributed by atoms with Gasteiger partial charge < -0.3 is 19.5 Å². The lowest BCUT2D eigenvalue weighted by Crippen LogP contribution is -2.52. The van der Waals surface area contributed by atoms with Crippen LogP contribution >= 0.6 is 15.9 Å². The lowest BCUT2D eigenvalue weighted by molar-refractivity contribution is -0.166. The number of carbonyl (C=O) groups excluding carboxylic acids is 2.